The van der Waals surface area contributed by atoms with Gasteiger partial charge in [-0.25, -0.2) is 9.78 Å². The summed E-state index contributed by atoms with van der Waals surface area (Å²) < 4.78 is 0. The first-order valence-electron chi connectivity index (χ1n) is 5.78. The van der Waals surface area contributed by atoms with E-state index in [1.165, 1.54) is 28.0 Å². The molecule has 104 valence electrons. The molecule has 1 atom stereocenters. The number of aromatic nitrogens is 1. The zero-order chi connectivity index (χ0) is 14.1. The lowest BCUT2D eigenvalue weighted by atomic mass is 10.3. The van der Waals surface area contributed by atoms with Gasteiger partial charge in [0.2, 0.25) is 0 Å². The Labute approximate surface area is 127 Å². The van der Waals surface area contributed by atoms with Crippen LogP contribution in [0.3, 0.4) is 0 Å². The van der Waals surface area contributed by atoms with E-state index >= 15 is 0 Å². The fourth-order valence-electron chi connectivity index (χ4n) is 1.88. The maximum atomic E-state index is 12.3. The molecule has 0 radical (unpaired) electrons. The van der Waals surface area contributed by atoms with Crippen molar-refractivity contribution in [2.45, 2.75) is 6.04 Å². The number of carbonyl (C=O) groups excluding carboxylic acids is 1. The molecule has 1 aliphatic heterocycles. The van der Waals surface area contributed by atoms with E-state index < -0.39 is 12.0 Å². The van der Waals surface area contributed by atoms with Crippen molar-refractivity contribution in [3.8, 4) is 9.88 Å². The average molecular weight is 326 g/mol. The molecule has 5 nitrogen and oxygen atoms in total. The first-order valence-corrected chi connectivity index (χ1v) is 8.69. The van der Waals surface area contributed by atoms with Crippen LogP contribution in [0.15, 0.2) is 22.9 Å². The number of amides is 1. The molecule has 0 aliphatic carbocycles. The predicted octanol–water partition coefficient (Wildman–Crippen LogP) is 2.47. The van der Waals surface area contributed by atoms with Crippen molar-refractivity contribution in [2.24, 2.45) is 0 Å². The molecule has 20 heavy (non-hydrogen) atoms. The number of hydrogen-bond donors (Lipinski definition) is 1. The van der Waals surface area contributed by atoms with Crippen LogP contribution in [-0.2, 0) is 4.79 Å². The van der Waals surface area contributed by atoms with Gasteiger partial charge in [0.05, 0.1) is 10.8 Å². The summed E-state index contributed by atoms with van der Waals surface area (Å²) in [6.07, 6.45) is 0. The van der Waals surface area contributed by atoms with Gasteiger partial charge in [-0.05, 0) is 11.4 Å². The van der Waals surface area contributed by atoms with Crippen LogP contribution in [0.1, 0.15) is 10.5 Å². The largest absolute Gasteiger partial charge is 0.480 e. The molecular weight excluding hydrogens is 316 g/mol. The molecule has 8 heteroatoms. The highest BCUT2D eigenvalue weighted by Gasteiger charge is 2.35. The van der Waals surface area contributed by atoms with Gasteiger partial charge in [-0.15, -0.1) is 34.4 Å². The van der Waals surface area contributed by atoms with E-state index in [2.05, 4.69) is 4.98 Å². The zero-order valence-electron chi connectivity index (χ0n) is 10.2. The Morgan fingerprint density at radius 2 is 2.25 bits per heavy atom. The van der Waals surface area contributed by atoms with Crippen LogP contribution in [-0.4, -0.2) is 44.5 Å². The molecule has 0 aromatic carbocycles. The SMILES string of the molecule is O=C(O)[C@@H]1CSCN1C(=O)c1csc(-c2cccs2)n1. The van der Waals surface area contributed by atoms with Crippen LogP contribution in [0.2, 0.25) is 0 Å². The fourth-order valence-corrected chi connectivity index (χ4v) is 4.63. The van der Waals surface area contributed by atoms with Crippen molar-refractivity contribution in [1.29, 1.82) is 0 Å². The van der Waals surface area contributed by atoms with Crippen LogP contribution in [0.25, 0.3) is 9.88 Å². The van der Waals surface area contributed by atoms with Crippen molar-refractivity contribution in [3.05, 3.63) is 28.6 Å². The topological polar surface area (TPSA) is 70.5 Å². The van der Waals surface area contributed by atoms with Gasteiger partial charge >= 0.3 is 5.97 Å². The van der Waals surface area contributed by atoms with Gasteiger partial charge in [0.1, 0.15) is 16.7 Å². The van der Waals surface area contributed by atoms with Crippen LogP contribution >= 0.6 is 34.4 Å². The Morgan fingerprint density at radius 1 is 1.40 bits per heavy atom. The predicted molar refractivity (Wildman–Crippen MR) is 80.3 cm³/mol. The van der Waals surface area contributed by atoms with E-state index in [0.717, 1.165) is 9.88 Å². The number of hydrogen-bond acceptors (Lipinski definition) is 6. The van der Waals surface area contributed by atoms with Gasteiger partial charge in [0.15, 0.2) is 0 Å². The summed E-state index contributed by atoms with van der Waals surface area (Å²) in [5.74, 6) is -0.427. The number of carboxylic acids is 1. The molecule has 2 aromatic rings. The third kappa shape index (κ3) is 2.46. The Morgan fingerprint density at radius 3 is 2.95 bits per heavy atom. The van der Waals surface area contributed by atoms with Crippen LogP contribution in [0.4, 0.5) is 0 Å². The Bertz CT molecular complexity index is 638. The highest BCUT2D eigenvalue weighted by atomic mass is 32.2. The molecule has 0 bridgehead atoms. The lowest BCUT2D eigenvalue weighted by Crippen LogP contribution is -2.41. The normalized spacial score (nSPS) is 18.4. The van der Waals surface area contributed by atoms with E-state index in [4.69, 9.17) is 5.11 Å². The van der Waals surface area contributed by atoms with Crippen molar-refractivity contribution in [1.82, 2.24) is 9.88 Å². The number of thiazole rings is 1. The van der Waals surface area contributed by atoms with Gasteiger partial charge in [-0.2, -0.15) is 0 Å². The minimum Gasteiger partial charge on any atom is -0.480 e. The third-order valence-electron chi connectivity index (χ3n) is 2.88. The Kier molecular flexibility index (Phi) is 3.77. The maximum absolute atomic E-state index is 12.3. The summed E-state index contributed by atoms with van der Waals surface area (Å²) in [5.41, 5.74) is 0.326. The summed E-state index contributed by atoms with van der Waals surface area (Å²) in [5, 5.41) is 13.6. The molecule has 2 aromatic heterocycles. The second-order valence-corrected chi connectivity index (χ2v) is 6.95. The van der Waals surface area contributed by atoms with E-state index in [1.807, 2.05) is 17.5 Å². The van der Waals surface area contributed by atoms with Gasteiger partial charge < -0.3 is 10.0 Å². The van der Waals surface area contributed by atoms with E-state index in [-0.39, 0.29) is 5.91 Å². The summed E-state index contributed by atoms with van der Waals surface area (Å²) in [6, 6.07) is 3.13. The van der Waals surface area contributed by atoms with Gasteiger partial charge in [-0.3, -0.25) is 4.79 Å². The second-order valence-electron chi connectivity index (χ2n) is 4.14. The van der Waals surface area contributed by atoms with E-state index in [1.54, 1.807) is 16.7 Å². The van der Waals surface area contributed by atoms with E-state index in [0.29, 0.717) is 17.3 Å². The molecule has 3 rings (SSSR count). The zero-order valence-corrected chi connectivity index (χ0v) is 12.6. The molecular formula is C12H10N2O3S3. The number of aliphatic carboxylic acids is 1. The number of thiophene rings is 1. The van der Waals surface area contributed by atoms with Gasteiger partial charge in [0.25, 0.3) is 5.91 Å². The summed E-state index contributed by atoms with van der Waals surface area (Å²) >= 11 is 4.41. The molecule has 1 amide bonds. The van der Waals surface area contributed by atoms with Crippen molar-refractivity contribution >= 4 is 46.3 Å². The number of carbonyl (C=O) groups is 2. The van der Waals surface area contributed by atoms with Crippen LogP contribution in [0.5, 0.6) is 0 Å². The van der Waals surface area contributed by atoms with Crippen molar-refractivity contribution in [3.63, 3.8) is 0 Å². The van der Waals surface area contributed by atoms with Gasteiger partial charge in [-0.1, -0.05) is 6.07 Å². The van der Waals surface area contributed by atoms with Crippen molar-refractivity contribution in [2.75, 3.05) is 11.6 Å². The first kappa shape index (κ1) is 13.6. The average Bonchev–Trinajstić information content (AvgIpc) is 3.17. The quantitative estimate of drug-likeness (QED) is 0.938. The monoisotopic (exact) mass is 326 g/mol. The maximum Gasteiger partial charge on any atom is 0.327 e. The number of thioether (sulfide) groups is 1. The minimum atomic E-state index is -0.961. The summed E-state index contributed by atoms with van der Waals surface area (Å²) in [6.45, 7) is 0. The molecule has 0 unspecified atom stereocenters. The second kappa shape index (κ2) is 5.55. The highest BCUT2D eigenvalue weighted by Crippen LogP contribution is 2.29. The molecule has 1 saturated heterocycles. The number of rotatable bonds is 3. The Balaban J connectivity index is 1.83. The minimum absolute atomic E-state index is 0.304. The highest BCUT2D eigenvalue weighted by molar-refractivity contribution is 7.99. The Hall–Kier alpha value is -1.38. The van der Waals surface area contributed by atoms with E-state index in [9.17, 15) is 9.59 Å². The summed E-state index contributed by atoms with van der Waals surface area (Å²) in [4.78, 5) is 30.2. The summed E-state index contributed by atoms with van der Waals surface area (Å²) in [7, 11) is 0. The van der Waals surface area contributed by atoms with Gasteiger partial charge in [0, 0.05) is 11.1 Å². The third-order valence-corrected chi connectivity index (χ3v) is 5.78. The first-order chi connectivity index (χ1) is 9.66. The molecule has 0 saturated carbocycles. The standard InChI is InChI=1S/C12H10N2O3S3/c15-11(14-6-18-5-8(14)12(16)17)7-4-20-10(13-7)9-2-1-3-19-9/h1-4,8H,5-6H2,(H,16,17)/t8-/m0/s1. The number of carboxylic acid groups (broad SMARTS) is 1. The molecule has 3 heterocycles. The van der Waals surface area contributed by atoms with Crippen LogP contribution < -0.4 is 0 Å². The molecule has 1 N–H and O–H groups in total. The van der Waals surface area contributed by atoms with Crippen LogP contribution in [0, 0.1) is 0 Å². The fraction of sp³-hybridized carbons (Fsp3) is 0.250. The smallest absolute Gasteiger partial charge is 0.327 e. The van der Waals surface area contributed by atoms with Crippen molar-refractivity contribution < 1.29 is 14.7 Å². The molecule has 1 aliphatic rings. The lowest BCUT2D eigenvalue weighted by Gasteiger charge is -2.18. The number of nitrogens with zero attached hydrogens (tertiary/aromatic N) is 2. The lowest BCUT2D eigenvalue weighted by molar-refractivity contribution is -0.140. The molecule has 1 fully saturated rings. The molecule has 0 spiro atoms.